The van der Waals surface area contributed by atoms with E-state index in [4.69, 9.17) is 5.73 Å². The summed E-state index contributed by atoms with van der Waals surface area (Å²) >= 11 is 0. The molecular formula is C22H33FN4O2. The van der Waals surface area contributed by atoms with Gasteiger partial charge in [0, 0.05) is 19.1 Å². The quantitative estimate of drug-likeness (QED) is 0.652. The van der Waals surface area contributed by atoms with Gasteiger partial charge in [-0.3, -0.25) is 4.79 Å². The maximum Gasteiger partial charge on any atom is 0.315 e. The summed E-state index contributed by atoms with van der Waals surface area (Å²) in [6, 6.07) is 6.68. The molecule has 1 heterocycles. The Labute approximate surface area is 172 Å². The van der Waals surface area contributed by atoms with Crippen LogP contribution in [0.5, 0.6) is 0 Å². The zero-order valence-electron chi connectivity index (χ0n) is 17.0. The van der Waals surface area contributed by atoms with Gasteiger partial charge in [0.1, 0.15) is 5.82 Å². The molecule has 1 aromatic carbocycles. The summed E-state index contributed by atoms with van der Waals surface area (Å²) in [6.07, 6.45) is 7.76. The highest BCUT2D eigenvalue weighted by molar-refractivity contribution is 5.82. The summed E-state index contributed by atoms with van der Waals surface area (Å²) in [4.78, 5) is 25.4. The number of nitrogens with one attached hydrogen (secondary N) is 2. The molecule has 0 aromatic heterocycles. The predicted octanol–water partition coefficient (Wildman–Crippen LogP) is 2.42. The Hall–Kier alpha value is -2.15. The lowest BCUT2D eigenvalue weighted by Crippen LogP contribution is -2.51. The normalized spacial score (nSPS) is 25.3. The van der Waals surface area contributed by atoms with E-state index in [9.17, 15) is 14.0 Å². The van der Waals surface area contributed by atoms with E-state index in [2.05, 4.69) is 15.5 Å². The van der Waals surface area contributed by atoms with E-state index in [1.807, 2.05) is 12.1 Å². The number of amides is 3. The number of primary amides is 1. The first kappa shape index (κ1) is 21.6. The maximum absolute atomic E-state index is 13.1. The highest BCUT2D eigenvalue weighted by Crippen LogP contribution is 2.28. The largest absolute Gasteiger partial charge is 0.368 e. The molecule has 29 heavy (non-hydrogen) atoms. The molecule has 0 radical (unpaired) electrons. The van der Waals surface area contributed by atoms with Crippen molar-refractivity contribution in [3.05, 3.63) is 35.6 Å². The van der Waals surface area contributed by atoms with Crippen molar-refractivity contribution in [2.45, 2.75) is 51.0 Å². The zero-order valence-corrected chi connectivity index (χ0v) is 17.0. The van der Waals surface area contributed by atoms with Crippen molar-refractivity contribution in [2.24, 2.45) is 17.6 Å². The molecule has 6 nitrogen and oxygen atoms in total. The highest BCUT2D eigenvalue weighted by Gasteiger charge is 2.30. The molecule has 3 atom stereocenters. The number of hydrogen-bond donors (Lipinski definition) is 3. The molecule has 2 aliphatic rings. The van der Waals surface area contributed by atoms with Crippen LogP contribution in [-0.4, -0.2) is 49.1 Å². The van der Waals surface area contributed by atoms with Gasteiger partial charge >= 0.3 is 6.03 Å². The summed E-state index contributed by atoms with van der Waals surface area (Å²) in [6.45, 7) is 2.99. The summed E-state index contributed by atoms with van der Waals surface area (Å²) in [5, 5.41) is 5.58. The Kier molecular flexibility index (Phi) is 7.86. The van der Waals surface area contributed by atoms with Crippen LogP contribution in [0, 0.1) is 17.7 Å². The molecule has 3 amide bonds. The van der Waals surface area contributed by atoms with Gasteiger partial charge in [-0.25, -0.2) is 9.18 Å². The van der Waals surface area contributed by atoms with Crippen LogP contribution >= 0.6 is 0 Å². The summed E-state index contributed by atoms with van der Waals surface area (Å²) < 4.78 is 13.1. The Morgan fingerprint density at radius 1 is 1.10 bits per heavy atom. The number of halogens is 1. The number of nitrogens with two attached hydrogens (primary N) is 1. The number of carbonyl (C=O) groups excluding carboxylic acids is 2. The number of hydrogen-bond acceptors (Lipinski definition) is 3. The van der Waals surface area contributed by atoms with Crippen molar-refractivity contribution < 1.29 is 14.0 Å². The molecule has 0 bridgehead atoms. The van der Waals surface area contributed by atoms with Crippen molar-refractivity contribution in [3.63, 3.8) is 0 Å². The minimum absolute atomic E-state index is 0.133. The number of urea groups is 1. The standard InChI is InChI=1S/C22H33FN4O2/c23-19-9-7-16(8-10-19)12-17-4-3-11-27(14-17)15-18-5-1-2-6-20(18)26-22(29)25-13-21(24)28/h7-10,17-18,20H,1-6,11-15H2,(H2,24,28)(H2,25,26,29)/t17-,18-,20+/m0/s1. The van der Waals surface area contributed by atoms with Gasteiger partial charge in [-0.1, -0.05) is 25.0 Å². The first-order chi connectivity index (χ1) is 14.0. The van der Waals surface area contributed by atoms with Crippen LogP contribution in [0.25, 0.3) is 0 Å². The van der Waals surface area contributed by atoms with Crippen LogP contribution in [0.2, 0.25) is 0 Å². The van der Waals surface area contributed by atoms with Crippen molar-refractivity contribution in [1.29, 1.82) is 0 Å². The van der Waals surface area contributed by atoms with Crippen molar-refractivity contribution in [1.82, 2.24) is 15.5 Å². The molecule has 1 aliphatic heterocycles. The molecule has 1 saturated heterocycles. The highest BCUT2D eigenvalue weighted by atomic mass is 19.1. The Morgan fingerprint density at radius 2 is 1.86 bits per heavy atom. The smallest absolute Gasteiger partial charge is 0.315 e. The molecule has 0 spiro atoms. The molecule has 7 heteroatoms. The molecule has 4 N–H and O–H groups in total. The molecule has 1 saturated carbocycles. The lowest BCUT2D eigenvalue weighted by molar-refractivity contribution is -0.117. The fraction of sp³-hybridized carbons (Fsp3) is 0.636. The van der Waals surface area contributed by atoms with E-state index in [0.717, 1.165) is 45.3 Å². The van der Waals surface area contributed by atoms with Crippen LogP contribution in [0.1, 0.15) is 44.1 Å². The molecular weight excluding hydrogens is 371 g/mol. The van der Waals surface area contributed by atoms with Crippen molar-refractivity contribution in [2.75, 3.05) is 26.2 Å². The topological polar surface area (TPSA) is 87.5 Å². The first-order valence-corrected chi connectivity index (χ1v) is 10.8. The average molecular weight is 405 g/mol. The second-order valence-electron chi connectivity index (χ2n) is 8.54. The Morgan fingerprint density at radius 3 is 2.62 bits per heavy atom. The first-order valence-electron chi connectivity index (χ1n) is 10.8. The number of rotatable bonds is 7. The van der Waals surface area contributed by atoms with Crippen LogP contribution in [-0.2, 0) is 11.2 Å². The van der Waals surface area contributed by atoms with E-state index < -0.39 is 5.91 Å². The van der Waals surface area contributed by atoms with Gasteiger partial charge in [0.15, 0.2) is 0 Å². The van der Waals surface area contributed by atoms with Gasteiger partial charge < -0.3 is 21.3 Å². The molecule has 3 rings (SSSR count). The minimum Gasteiger partial charge on any atom is -0.368 e. The third kappa shape index (κ3) is 6.99. The van der Waals surface area contributed by atoms with Gasteiger partial charge in [0.2, 0.25) is 5.91 Å². The Balaban J connectivity index is 1.50. The fourth-order valence-electron chi connectivity index (χ4n) is 4.77. The van der Waals surface area contributed by atoms with Gasteiger partial charge in [0.25, 0.3) is 0 Å². The van der Waals surface area contributed by atoms with E-state index in [0.29, 0.717) is 11.8 Å². The lowest BCUT2D eigenvalue weighted by atomic mass is 9.83. The molecule has 1 aromatic rings. The number of benzene rings is 1. The Bertz CT molecular complexity index is 682. The molecule has 160 valence electrons. The minimum atomic E-state index is -0.541. The predicted molar refractivity (Wildman–Crippen MR) is 111 cm³/mol. The number of piperidine rings is 1. The lowest BCUT2D eigenvalue weighted by Gasteiger charge is -2.39. The molecule has 0 unspecified atom stereocenters. The third-order valence-electron chi connectivity index (χ3n) is 6.18. The number of likely N-dealkylation sites (tertiary alicyclic amines) is 1. The molecule has 2 fully saturated rings. The van der Waals surface area contributed by atoms with Gasteiger partial charge in [0.05, 0.1) is 6.54 Å². The van der Waals surface area contributed by atoms with Gasteiger partial charge in [-0.05, 0) is 68.2 Å². The van der Waals surface area contributed by atoms with Crippen LogP contribution in [0.3, 0.4) is 0 Å². The summed E-state index contributed by atoms with van der Waals surface area (Å²) in [5.41, 5.74) is 6.29. The number of nitrogens with zero attached hydrogens (tertiary/aromatic N) is 1. The van der Waals surface area contributed by atoms with Gasteiger partial charge in [-0.2, -0.15) is 0 Å². The fourth-order valence-corrected chi connectivity index (χ4v) is 4.77. The second kappa shape index (κ2) is 10.6. The summed E-state index contributed by atoms with van der Waals surface area (Å²) in [5.74, 6) is 0.284. The van der Waals surface area contributed by atoms with Crippen LogP contribution < -0.4 is 16.4 Å². The summed E-state index contributed by atoms with van der Waals surface area (Å²) in [7, 11) is 0. The van der Waals surface area contributed by atoms with E-state index in [-0.39, 0.29) is 24.4 Å². The number of carbonyl (C=O) groups is 2. The average Bonchev–Trinajstić information content (AvgIpc) is 2.70. The van der Waals surface area contributed by atoms with Crippen molar-refractivity contribution >= 4 is 11.9 Å². The monoisotopic (exact) mass is 404 g/mol. The van der Waals surface area contributed by atoms with E-state index >= 15 is 0 Å². The van der Waals surface area contributed by atoms with Crippen molar-refractivity contribution in [3.8, 4) is 0 Å². The second-order valence-corrected chi connectivity index (χ2v) is 8.54. The zero-order chi connectivity index (χ0) is 20.6. The van der Waals surface area contributed by atoms with Crippen LogP contribution in [0.4, 0.5) is 9.18 Å². The third-order valence-corrected chi connectivity index (χ3v) is 6.18. The van der Waals surface area contributed by atoms with Gasteiger partial charge in [-0.15, -0.1) is 0 Å². The maximum atomic E-state index is 13.1. The van der Waals surface area contributed by atoms with E-state index in [1.54, 1.807) is 0 Å². The van der Waals surface area contributed by atoms with E-state index in [1.165, 1.54) is 37.0 Å². The van der Waals surface area contributed by atoms with Crippen LogP contribution in [0.15, 0.2) is 24.3 Å². The SMILES string of the molecule is NC(=O)CNC(=O)N[C@@H]1CCCC[C@H]1CN1CCC[C@@H](Cc2ccc(F)cc2)C1. The molecule has 1 aliphatic carbocycles.